The number of nitrogens with one attached hydrogen (secondary N) is 1. The maximum absolute atomic E-state index is 13.2. The first-order valence-electron chi connectivity index (χ1n) is 8.34. The molecule has 0 unspecified atom stereocenters. The summed E-state index contributed by atoms with van der Waals surface area (Å²) in [4.78, 5) is 20.4. The van der Waals surface area contributed by atoms with Crippen LogP contribution in [0, 0.1) is 0 Å². The lowest BCUT2D eigenvalue weighted by Crippen LogP contribution is -2.45. The Bertz CT molecular complexity index is 978. The minimum Gasteiger partial charge on any atom is -0.352 e. The third-order valence-electron chi connectivity index (χ3n) is 4.60. The Morgan fingerprint density at radius 1 is 1.11 bits per heavy atom. The van der Waals surface area contributed by atoms with Crippen LogP contribution in [0.4, 0.5) is 19.0 Å². The van der Waals surface area contributed by atoms with Crippen molar-refractivity contribution in [2.75, 3.05) is 38.1 Å². The lowest BCUT2D eigenvalue weighted by molar-refractivity contribution is -0.137. The van der Waals surface area contributed by atoms with Crippen molar-refractivity contribution in [1.29, 1.82) is 0 Å². The van der Waals surface area contributed by atoms with Crippen molar-refractivity contribution < 1.29 is 13.2 Å². The van der Waals surface area contributed by atoms with Crippen molar-refractivity contribution >= 4 is 28.6 Å². The molecule has 0 radical (unpaired) electrons. The van der Waals surface area contributed by atoms with Gasteiger partial charge >= 0.3 is 6.18 Å². The van der Waals surface area contributed by atoms with Crippen LogP contribution in [0.1, 0.15) is 5.56 Å². The Morgan fingerprint density at radius 3 is 2.56 bits per heavy atom. The number of aromatic amines is 1. The fourth-order valence-corrected chi connectivity index (χ4v) is 3.30. The van der Waals surface area contributed by atoms with Gasteiger partial charge in [0.05, 0.1) is 16.9 Å². The van der Waals surface area contributed by atoms with E-state index in [2.05, 4.69) is 29.7 Å². The highest BCUT2D eigenvalue weighted by Gasteiger charge is 2.33. The van der Waals surface area contributed by atoms with E-state index in [1.54, 1.807) is 0 Å². The fourth-order valence-electron chi connectivity index (χ4n) is 3.08. The molecule has 1 saturated heterocycles. The highest BCUT2D eigenvalue weighted by atomic mass is 35.5. The lowest BCUT2D eigenvalue weighted by atomic mass is 10.1. The Morgan fingerprint density at radius 2 is 1.85 bits per heavy atom. The van der Waals surface area contributed by atoms with Gasteiger partial charge in [0.1, 0.15) is 5.52 Å². The number of halogens is 4. The summed E-state index contributed by atoms with van der Waals surface area (Å²) in [5, 5.41) is -0.355. The molecule has 2 aromatic heterocycles. The van der Waals surface area contributed by atoms with E-state index in [-0.39, 0.29) is 16.4 Å². The summed E-state index contributed by atoms with van der Waals surface area (Å²) in [6.07, 6.45) is -3.05. The van der Waals surface area contributed by atoms with Crippen molar-refractivity contribution in [3.63, 3.8) is 0 Å². The standard InChI is InChI=1S/C17H16ClF3N6/c1-26-4-6-27(7-5-26)16-13-15(23-9-22-13)24-14(25-16)10-2-3-12(18)11(8-10)17(19,20)21/h2-3,8-9H,4-7H2,1H3,(H,22,23,24,25). The summed E-state index contributed by atoms with van der Waals surface area (Å²) in [6, 6.07) is 3.68. The maximum Gasteiger partial charge on any atom is 0.417 e. The third kappa shape index (κ3) is 3.44. The Kier molecular flexibility index (Phi) is 4.43. The molecule has 1 N–H and O–H groups in total. The number of hydrogen-bond donors (Lipinski definition) is 1. The zero-order chi connectivity index (χ0) is 19.2. The number of alkyl halides is 3. The van der Waals surface area contributed by atoms with Gasteiger partial charge in [0.15, 0.2) is 17.3 Å². The van der Waals surface area contributed by atoms with Crippen LogP contribution in [0.2, 0.25) is 5.02 Å². The van der Waals surface area contributed by atoms with Gasteiger partial charge in [0.25, 0.3) is 0 Å². The van der Waals surface area contributed by atoms with Crippen LogP contribution in [0.25, 0.3) is 22.6 Å². The summed E-state index contributed by atoms with van der Waals surface area (Å²) in [7, 11) is 2.04. The molecule has 3 heterocycles. The third-order valence-corrected chi connectivity index (χ3v) is 4.93. The zero-order valence-electron chi connectivity index (χ0n) is 14.4. The molecule has 0 bridgehead atoms. The van der Waals surface area contributed by atoms with E-state index >= 15 is 0 Å². The molecule has 27 heavy (non-hydrogen) atoms. The SMILES string of the molecule is CN1CCN(c2nc(-c3ccc(Cl)c(C(F)(F)F)c3)nc3nc[nH]c23)CC1. The van der Waals surface area contributed by atoms with Gasteiger partial charge in [-0.3, -0.25) is 0 Å². The molecule has 4 rings (SSSR count). The van der Waals surface area contributed by atoms with E-state index in [0.29, 0.717) is 17.0 Å². The van der Waals surface area contributed by atoms with Crippen LogP contribution in [-0.4, -0.2) is 58.1 Å². The lowest BCUT2D eigenvalue weighted by Gasteiger charge is -2.33. The highest BCUT2D eigenvalue weighted by molar-refractivity contribution is 6.31. The Balaban J connectivity index is 1.81. The van der Waals surface area contributed by atoms with E-state index in [4.69, 9.17) is 11.6 Å². The maximum atomic E-state index is 13.2. The number of aromatic nitrogens is 4. The summed E-state index contributed by atoms with van der Waals surface area (Å²) in [5.74, 6) is 0.829. The molecule has 0 atom stereocenters. The van der Waals surface area contributed by atoms with Crippen LogP contribution in [0.5, 0.6) is 0 Å². The molecule has 6 nitrogen and oxygen atoms in total. The average molecular weight is 397 g/mol. The van der Waals surface area contributed by atoms with E-state index in [1.165, 1.54) is 18.5 Å². The number of hydrogen-bond acceptors (Lipinski definition) is 5. The molecule has 1 fully saturated rings. The largest absolute Gasteiger partial charge is 0.417 e. The molecule has 1 aliphatic heterocycles. The Hall–Kier alpha value is -2.39. The van der Waals surface area contributed by atoms with Crippen LogP contribution in [0.3, 0.4) is 0 Å². The molecule has 142 valence electrons. The fraction of sp³-hybridized carbons (Fsp3) is 0.353. The monoisotopic (exact) mass is 396 g/mol. The van der Waals surface area contributed by atoms with E-state index in [9.17, 15) is 13.2 Å². The number of fused-ring (bicyclic) bond motifs is 1. The number of imidazole rings is 1. The number of H-pyrrole nitrogens is 1. The van der Waals surface area contributed by atoms with Gasteiger partial charge in [0.2, 0.25) is 0 Å². The molecule has 0 amide bonds. The number of likely N-dealkylation sites (N-methyl/N-ethyl adjacent to an activating group) is 1. The minimum atomic E-state index is -4.55. The summed E-state index contributed by atoms with van der Waals surface area (Å²) in [5.41, 5.74) is 0.422. The van der Waals surface area contributed by atoms with Crippen LogP contribution in [-0.2, 0) is 6.18 Å². The van der Waals surface area contributed by atoms with Crippen molar-refractivity contribution in [2.24, 2.45) is 0 Å². The molecule has 3 aromatic rings. The topological polar surface area (TPSA) is 60.9 Å². The first-order chi connectivity index (χ1) is 12.8. The number of benzene rings is 1. The summed E-state index contributed by atoms with van der Waals surface area (Å²) >= 11 is 5.72. The predicted molar refractivity (Wildman–Crippen MR) is 96.8 cm³/mol. The minimum absolute atomic E-state index is 0.186. The first-order valence-corrected chi connectivity index (χ1v) is 8.72. The number of rotatable bonds is 2. The van der Waals surface area contributed by atoms with Crippen LogP contribution in [0.15, 0.2) is 24.5 Å². The van der Waals surface area contributed by atoms with Crippen LogP contribution >= 0.6 is 11.6 Å². The molecule has 0 aliphatic carbocycles. The molecule has 0 saturated carbocycles. The van der Waals surface area contributed by atoms with Crippen LogP contribution < -0.4 is 4.90 Å². The quantitative estimate of drug-likeness (QED) is 0.719. The van der Waals surface area contributed by atoms with Gasteiger partial charge in [-0.2, -0.15) is 13.2 Å². The normalized spacial score (nSPS) is 16.3. The van der Waals surface area contributed by atoms with Crippen molar-refractivity contribution in [2.45, 2.75) is 6.18 Å². The van der Waals surface area contributed by atoms with E-state index in [1.807, 2.05) is 7.05 Å². The van der Waals surface area contributed by atoms with E-state index in [0.717, 1.165) is 32.2 Å². The molecular weight excluding hydrogens is 381 g/mol. The second-order valence-electron chi connectivity index (χ2n) is 6.45. The molecule has 1 aliphatic rings. The van der Waals surface area contributed by atoms with E-state index < -0.39 is 11.7 Å². The summed E-state index contributed by atoms with van der Waals surface area (Å²) in [6.45, 7) is 3.26. The number of nitrogens with zero attached hydrogens (tertiary/aromatic N) is 5. The van der Waals surface area contributed by atoms with Gasteiger partial charge in [-0.1, -0.05) is 11.6 Å². The highest BCUT2D eigenvalue weighted by Crippen LogP contribution is 2.37. The van der Waals surface area contributed by atoms with Gasteiger partial charge in [-0.15, -0.1) is 0 Å². The second-order valence-corrected chi connectivity index (χ2v) is 6.86. The molecular formula is C17H16ClF3N6. The van der Waals surface area contributed by atoms with Gasteiger partial charge in [-0.05, 0) is 25.2 Å². The van der Waals surface area contributed by atoms with Gasteiger partial charge in [-0.25, -0.2) is 15.0 Å². The number of piperazine rings is 1. The smallest absolute Gasteiger partial charge is 0.352 e. The molecule has 10 heteroatoms. The molecule has 1 aromatic carbocycles. The van der Waals surface area contributed by atoms with Crippen molar-refractivity contribution in [3.05, 3.63) is 35.1 Å². The summed E-state index contributed by atoms with van der Waals surface area (Å²) < 4.78 is 39.6. The van der Waals surface area contributed by atoms with Crippen molar-refractivity contribution in [1.82, 2.24) is 24.8 Å². The Labute approximate surface area is 158 Å². The van der Waals surface area contributed by atoms with Crippen molar-refractivity contribution in [3.8, 4) is 11.4 Å². The number of anilines is 1. The first kappa shape index (κ1) is 18.0. The molecule has 0 spiro atoms. The predicted octanol–water partition coefficient (Wildman–Crippen LogP) is 3.44. The second kappa shape index (κ2) is 6.65. The average Bonchev–Trinajstić information content (AvgIpc) is 3.09. The van der Waals surface area contributed by atoms with Gasteiger partial charge < -0.3 is 14.8 Å². The van der Waals surface area contributed by atoms with Gasteiger partial charge in [0, 0.05) is 31.7 Å². The zero-order valence-corrected chi connectivity index (χ0v) is 15.1.